The van der Waals surface area contributed by atoms with Crippen LogP contribution in [-0.2, 0) is 4.79 Å². The summed E-state index contributed by atoms with van der Waals surface area (Å²) >= 11 is 3.52. The molecular formula is C14H18O2S2. The molecule has 0 spiro atoms. The Kier molecular flexibility index (Phi) is 5.45. The average Bonchev–Trinajstić information content (AvgIpc) is 2.39. The Morgan fingerprint density at radius 1 is 1.17 bits per heavy atom. The summed E-state index contributed by atoms with van der Waals surface area (Å²) in [6, 6.07) is 10.4. The molecule has 0 amide bonds. The number of hydrogen-bond donors (Lipinski definition) is 1. The van der Waals surface area contributed by atoms with Crippen molar-refractivity contribution in [2.45, 2.75) is 41.1 Å². The molecule has 0 bridgehead atoms. The van der Waals surface area contributed by atoms with E-state index < -0.39 is 5.97 Å². The molecule has 98 valence electrons. The minimum Gasteiger partial charge on any atom is -0.481 e. The van der Waals surface area contributed by atoms with Crippen LogP contribution in [0.1, 0.15) is 25.7 Å². The summed E-state index contributed by atoms with van der Waals surface area (Å²) in [6.45, 7) is 0. The second-order valence-electron chi connectivity index (χ2n) is 4.50. The van der Waals surface area contributed by atoms with Crippen LogP contribution in [0.2, 0.25) is 0 Å². The van der Waals surface area contributed by atoms with Gasteiger partial charge < -0.3 is 5.11 Å². The van der Waals surface area contributed by atoms with Gasteiger partial charge in [-0.3, -0.25) is 4.79 Å². The van der Waals surface area contributed by atoms with E-state index in [0.29, 0.717) is 10.5 Å². The van der Waals surface area contributed by atoms with E-state index in [4.69, 9.17) is 5.11 Å². The van der Waals surface area contributed by atoms with E-state index >= 15 is 0 Å². The second-order valence-corrected chi connectivity index (χ2v) is 7.04. The molecule has 0 aromatic heterocycles. The van der Waals surface area contributed by atoms with Gasteiger partial charge in [0.05, 0.1) is 5.75 Å². The van der Waals surface area contributed by atoms with Crippen molar-refractivity contribution in [2.24, 2.45) is 0 Å². The van der Waals surface area contributed by atoms with Crippen molar-refractivity contribution in [3.8, 4) is 0 Å². The highest BCUT2D eigenvalue weighted by molar-refractivity contribution is 8.04. The zero-order chi connectivity index (χ0) is 12.8. The number of carbonyl (C=O) groups is 1. The fourth-order valence-corrected chi connectivity index (χ4v) is 4.92. The number of hydrogen-bond acceptors (Lipinski definition) is 3. The lowest BCUT2D eigenvalue weighted by Crippen LogP contribution is -2.25. The molecular weight excluding hydrogens is 264 g/mol. The molecule has 0 aliphatic heterocycles. The van der Waals surface area contributed by atoms with Crippen molar-refractivity contribution >= 4 is 29.5 Å². The first-order valence-corrected chi connectivity index (χ1v) is 8.23. The van der Waals surface area contributed by atoms with Gasteiger partial charge in [-0.1, -0.05) is 31.0 Å². The first-order chi connectivity index (χ1) is 8.75. The maximum absolute atomic E-state index is 10.7. The summed E-state index contributed by atoms with van der Waals surface area (Å²) in [5.41, 5.74) is 0. The van der Waals surface area contributed by atoms with Gasteiger partial charge in [0, 0.05) is 15.4 Å². The van der Waals surface area contributed by atoms with Crippen LogP contribution in [0.4, 0.5) is 0 Å². The number of benzene rings is 1. The number of aliphatic carboxylic acids is 1. The van der Waals surface area contributed by atoms with E-state index in [1.165, 1.54) is 24.2 Å². The molecule has 0 unspecified atom stereocenters. The number of rotatable bonds is 5. The minimum absolute atomic E-state index is 0.233. The SMILES string of the molecule is O=C(O)CS[C@@H]1CCCC[C@H]1Sc1ccccc1. The molecule has 18 heavy (non-hydrogen) atoms. The van der Waals surface area contributed by atoms with E-state index in [1.54, 1.807) is 11.8 Å². The molecule has 2 nitrogen and oxygen atoms in total. The van der Waals surface area contributed by atoms with Crippen molar-refractivity contribution in [1.29, 1.82) is 0 Å². The first-order valence-electron chi connectivity index (χ1n) is 6.31. The van der Waals surface area contributed by atoms with Gasteiger partial charge in [-0.05, 0) is 25.0 Å². The van der Waals surface area contributed by atoms with Gasteiger partial charge in [0.15, 0.2) is 0 Å². The van der Waals surface area contributed by atoms with Gasteiger partial charge in [-0.2, -0.15) is 0 Å². The standard InChI is InChI=1S/C14H18O2S2/c15-14(16)10-17-12-8-4-5-9-13(12)18-11-6-2-1-3-7-11/h1-3,6-7,12-13H,4-5,8-10H2,(H,15,16)/t12-,13-/m1/s1. The van der Waals surface area contributed by atoms with Crippen LogP contribution in [0.15, 0.2) is 35.2 Å². The van der Waals surface area contributed by atoms with Crippen LogP contribution in [0.5, 0.6) is 0 Å². The summed E-state index contributed by atoms with van der Waals surface area (Å²) in [6.07, 6.45) is 4.87. The fraction of sp³-hybridized carbons (Fsp3) is 0.500. The third-order valence-electron chi connectivity index (χ3n) is 3.09. The van der Waals surface area contributed by atoms with Crippen molar-refractivity contribution in [3.63, 3.8) is 0 Å². The van der Waals surface area contributed by atoms with Crippen molar-refractivity contribution in [2.75, 3.05) is 5.75 Å². The Morgan fingerprint density at radius 2 is 1.83 bits per heavy atom. The quantitative estimate of drug-likeness (QED) is 0.888. The lowest BCUT2D eigenvalue weighted by molar-refractivity contribution is -0.133. The maximum atomic E-state index is 10.7. The number of carboxylic acid groups (broad SMARTS) is 1. The highest BCUT2D eigenvalue weighted by atomic mass is 32.2. The molecule has 4 heteroatoms. The molecule has 1 aliphatic rings. The van der Waals surface area contributed by atoms with E-state index in [2.05, 4.69) is 24.3 Å². The van der Waals surface area contributed by atoms with E-state index in [0.717, 1.165) is 6.42 Å². The molecule has 0 radical (unpaired) electrons. The Balaban J connectivity index is 1.93. The third-order valence-corrected chi connectivity index (χ3v) is 6.08. The summed E-state index contributed by atoms with van der Waals surface area (Å²) in [4.78, 5) is 12.0. The molecule has 1 saturated carbocycles. The summed E-state index contributed by atoms with van der Waals surface area (Å²) in [5.74, 6) is -0.467. The van der Waals surface area contributed by atoms with Gasteiger partial charge >= 0.3 is 5.97 Å². The van der Waals surface area contributed by atoms with Crippen LogP contribution in [0.3, 0.4) is 0 Å². The van der Waals surface area contributed by atoms with Crippen LogP contribution in [-0.4, -0.2) is 27.3 Å². The van der Waals surface area contributed by atoms with E-state index in [-0.39, 0.29) is 5.75 Å². The largest absolute Gasteiger partial charge is 0.481 e. The van der Waals surface area contributed by atoms with E-state index in [1.807, 2.05) is 17.8 Å². The topological polar surface area (TPSA) is 37.3 Å². The Labute approximate surface area is 117 Å². The average molecular weight is 282 g/mol. The Bertz CT molecular complexity index is 381. The van der Waals surface area contributed by atoms with Gasteiger partial charge in [0.1, 0.15) is 0 Å². The highest BCUT2D eigenvalue weighted by Gasteiger charge is 2.26. The summed E-state index contributed by atoms with van der Waals surface area (Å²) < 4.78 is 0. The van der Waals surface area contributed by atoms with Crippen LogP contribution in [0.25, 0.3) is 0 Å². The first kappa shape index (κ1) is 13.8. The van der Waals surface area contributed by atoms with Crippen molar-refractivity contribution in [1.82, 2.24) is 0 Å². The fourth-order valence-electron chi connectivity index (χ4n) is 2.24. The van der Waals surface area contributed by atoms with Crippen LogP contribution < -0.4 is 0 Å². The monoisotopic (exact) mass is 282 g/mol. The third kappa shape index (κ3) is 4.25. The van der Waals surface area contributed by atoms with E-state index in [9.17, 15) is 4.79 Å². The zero-order valence-corrected chi connectivity index (χ0v) is 11.9. The normalized spacial score (nSPS) is 23.8. The second kappa shape index (κ2) is 7.10. The molecule has 1 fully saturated rings. The molecule has 2 atom stereocenters. The van der Waals surface area contributed by atoms with Gasteiger partial charge in [0.2, 0.25) is 0 Å². The molecule has 1 N–H and O–H groups in total. The summed E-state index contributed by atoms with van der Waals surface area (Å²) in [7, 11) is 0. The molecule has 1 aliphatic carbocycles. The molecule has 1 aromatic rings. The van der Waals surface area contributed by atoms with Crippen molar-refractivity contribution in [3.05, 3.63) is 30.3 Å². The lowest BCUT2D eigenvalue weighted by atomic mass is 10.00. The van der Waals surface area contributed by atoms with Gasteiger partial charge in [-0.25, -0.2) is 0 Å². The minimum atomic E-state index is -0.700. The molecule has 0 saturated heterocycles. The number of carboxylic acids is 1. The van der Waals surface area contributed by atoms with Gasteiger partial charge in [0.25, 0.3) is 0 Å². The van der Waals surface area contributed by atoms with Crippen LogP contribution >= 0.6 is 23.5 Å². The molecule has 0 heterocycles. The maximum Gasteiger partial charge on any atom is 0.313 e. The zero-order valence-electron chi connectivity index (χ0n) is 10.2. The predicted octanol–water partition coefficient (Wildman–Crippen LogP) is 3.91. The number of thioether (sulfide) groups is 2. The lowest BCUT2D eigenvalue weighted by Gasteiger charge is -2.30. The summed E-state index contributed by atoms with van der Waals surface area (Å²) in [5, 5.41) is 9.84. The Hall–Kier alpha value is -0.610. The van der Waals surface area contributed by atoms with Crippen molar-refractivity contribution < 1.29 is 9.90 Å². The van der Waals surface area contributed by atoms with Gasteiger partial charge in [-0.15, -0.1) is 23.5 Å². The Morgan fingerprint density at radius 3 is 2.50 bits per heavy atom. The molecule has 1 aromatic carbocycles. The van der Waals surface area contributed by atoms with Crippen LogP contribution in [0, 0.1) is 0 Å². The smallest absolute Gasteiger partial charge is 0.313 e. The predicted molar refractivity (Wildman–Crippen MR) is 78.4 cm³/mol. The highest BCUT2D eigenvalue weighted by Crippen LogP contribution is 2.39. The molecule has 2 rings (SSSR count).